The third kappa shape index (κ3) is 3.20. The van der Waals surface area contributed by atoms with Gasteiger partial charge in [0.05, 0.1) is 18.7 Å². The number of rotatable bonds is 4. The van der Waals surface area contributed by atoms with Crippen LogP contribution in [-0.2, 0) is 17.8 Å². The monoisotopic (exact) mass is 308 g/mol. The van der Waals surface area contributed by atoms with E-state index in [2.05, 4.69) is 4.98 Å². The molecule has 0 aliphatic rings. The number of carbonyl (C=O) groups is 1. The first-order chi connectivity index (χ1) is 9.93. The lowest BCUT2D eigenvalue weighted by Gasteiger charge is -2.12. The number of benzene rings is 1. The van der Waals surface area contributed by atoms with Gasteiger partial charge in [-0.1, -0.05) is 11.6 Å². The predicted octanol–water partition coefficient (Wildman–Crippen LogP) is 2.37. The smallest absolute Gasteiger partial charge is 0.223 e. The Kier molecular flexibility index (Phi) is 4.55. The van der Waals surface area contributed by atoms with Gasteiger partial charge in [-0.05, 0) is 30.7 Å². The normalized spacial score (nSPS) is 10.7. The molecule has 1 heterocycles. The molecule has 0 atom stereocenters. The van der Waals surface area contributed by atoms with E-state index in [1.165, 1.54) is 12.3 Å². The molecule has 4 nitrogen and oxygen atoms in total. The molecular weight excluding hydrogens is 295 g/mol. The fraction of sp³-hybridized carbons (Fsp3) is 0.200. The third-order valence-electron chi connectivity index (χ3n) is 3.18. The van der Waals surface area contributed by atoms with Crippen LogP contribution in [0.1, 0.15) is 16.8 Å². The largest absolute Gasteiger partial charge is 0.392 e. The van der Waals surface area contributed by atoms with Gasteiger partial charge in [0.25, 0.3) is 0 Å². The molecule has 0 fully saturated rings. The van der Waals surface area contributed by atoms with Crippen molar-refractivity contribution in [3.63, 3.8) is 0 Å². The number of halogens is 2. The molecule has 0 saturated heterocycles. The average molecular weight is 309 g/mol. The molecule has 1 aromatic carbocycles. The zero-order chi connectivity index (χ0) is 15.6. The highest BCUT2D eigenvalue weighted by Crippen LogP contribution is 2.31. The van der Waals surface area contributed by atoms with Crippen molar-refractivity contribution in [2.75, 3.05) is 0 Å². The number of hydrogen-bond acceptors (Lipinski definition) is 3. The van der Waals surface area contributed by atoms with E-state index in [0.29, 0.717) is 33.0 Å². The number of aliphatic hydroxyl groups excluding tert-OH is 1. The number of pyridine rings is 1. The van der Waals surface area contributed by atoms with Crippen molar-refractivity contribution in [1.29, 1.82) is 0 Å². The van der Waals surface area contributed by atoms with Crippen LogP contribution >= 0.6 is 11.6 Å². The van der Waals surface area contributed by atoms with Gasteiger partial charge in [0.15, 0.2) is 0 Å². The van der Waals surface area contributed by atoms with Gasteiger partial charge in [0, 0.05) is 27.9 Å². The SMILES string of the molecule is Cc1c(Cl)ccc(-c2cc(CC(N)=O)ncc2CO)c1F. The maximum absolute atomic E-state index is 14.4. The van der Waals surface area contributed by atoms with Crippen molar-refractivity contribution < 1.29 is 14.3 Å². The average Bonchev–Trinajstić information content (AvgIpc) is 2.44. The topological polar surface area (TPSA) is 76.2 Å². The van der Waals surface area contributed by atoms with E-state index in [1.54, 1.807) is 19.1 Å². The lowest BCUT2D eigenvalue weighted by molar-refractivity contribution is -0.117. The Morgan fingerprint density at radius 1 is 1.43 bits per heavy atom. The molecule has 21 heavy (non-hydrogen) atoms. The molecule has 0 spiro atoms. The summed E-state index contributed by atoms with van der Waals surface area (Å²) in [6.45, 7) is 1.28. The van der Waals surface area contributed by atoms with E-state index in [-0.39, 0.29) is 13.0 Å². The number of aromatic nitrogens is 1. The highest BCUT2D eigenvalue weighted by atomic mass is 35.5. The second kappa shape index (κ2) is 6.20. The molecule has 3 N–H and O–H groups in total. The van der Waals surface area contributed by atoms with Gasteiger partial charge >= 0.3 is 0 Å². The lowest BCUT2D eigenvalue weighted by atomic mass is 9.98. The van der Waals surface area contributed by atoms with Crippen LogP contribution in [-0.4, -0.2) is 16.0 Å². The van der Waals surface area contributed by atoms with Gasteiger partial charge in [-0.3, -0.25) is 9.78 Å². The molecule has 0 aliphatic heterocycles. The third-order valence-corrected chi connectivity index (χ3v) is 3.59. The molecule has 0 radical (unpaired) electrons. The number of nitrogens with zero attached hydrogens (tertiary/aromatic N) is 1. The molecule has 0 aliphatic carbocycles. The van der Waals surface area contributed by atoms with E-state index < -0.39 is 11.7 Å². The molecule has 0 unspecified atom stereocenters. The standard InChI is InChI=1S/C15H14ClFN2O2/c1-8-13(16)3-2-11(15(8)17)12-4-10(5-14(18)21)19-6-9(12)7-20/h2-4,6,20H,5,7H2,1H3,(H2,18,21). The fourth-order valence-electron chi connectivity index (χ4n) is 2.05. The van der Waals surface area contributed by atoms with Crippen LogP contribution < -0.4 is 5.73 Å². The Hall–Kier alpha value is -1.98. The zero-order valence-electron chi connectivity index (χ0n) is 11.4. The van der Waals surface area contributed by atoms with Crippen molar-refractivity contribution in [1.82, 2.24) is 4.98 Å². The van der Waals surface area contributed by atoms with Crippen LogP contribution in [0.3, 0.4) is 0 Å². The molecule has 0 saturated carbocycles. The fourth-order valence-corrected chi connectivity index (χ4v) is 2.19. The first-order valence-corrected chi connectivity index (χ1v) is 6.63. The van der Waals surface area contributed by atoms with Crippen LogP contribution in [0.2, 0.25) is 5.02 Å². The molecule has 0 bridgehead atoms. The van der Waals surface area contributed by atoms with E-state index in [0.717, 1.165) is 0 Å². The quantitative estimate of drug-likeness (QED) is 0.910. The number of hydrogen-bond donors (Lipinski definition) is 2. The Labute approximate surface area is 126 Å². The Morgan fingerprint density at radius 3 is 2.76 bits per heavy atom. The van der Waals surface area contributed by atoms with E-state index in [1.807, 2.05) is 0 Å². The van der Waals surface area contributed by atoms with E-state index >= 15 is 0 Å². The summed E-state index contributed by atoms with van der Waals surface area (Å²) in [7, 11) is 0. The summed E-state index contributed by atoms with van der Waals surface area (Å²) in [4.78, 5) is 15.0. The minimum atomic E-state index is -0.530. The molecule has 2 rings (SSSR count). The maximum Gasteiger partial charge on any atom is 0.223 e. The van der Waals surface area contributed by atoms with Gasteiger partial charge in [0.1, 0.15) is 5.82 Å². The molecule has 1 aromatic heterocycles. The first kappa shape index (κ1) is 15.4. The Bertz CT molecular complexity index is 704. The lowest BCUT2D eigenvalue weighted by Crippen LogP contribution is -2.14. The molecule has 2 aromatic rings. The second-order valence-electron chi connectivity index (χ2n) is 4.67. The number of aliphatic hydroxyl groups is 1. The minimum absolute atomic E-state index is 0.0487. The summed E-state index contributed by atoms with van der Waals surface area (Å²) in [6.07, 6.45) is 1.36. The summed E-state index contributed by atoms with van der Waals surface area (Å²) in [5.74, 6) is -0.994. The van der Waals surface area contributed by atoms with E-state index in [9.17, 15) is 14.3 Å². The molecule has 110 valence electrons. The summed E-state index contributed by atoms with van der Waals surface area (Å²) < 4.78 is 14.4. The van der Waals surface area contributed by atoms with E-state index in [4.69, 9.17) is 17.3 Å². The van der Waals surface area contributed by atoms with Crippen LogP contribution in [0.5, 0.6) is 0 Å². The van der Waals surface area contributed by atoms with Crippen LogP contribution in [0, 0.1) is 12.7 Å². The second-order valence-corrected chi connectivity index (χ2v) is 5.08. The zero-order valence-corrected chi connectivity index (χ0v) is 12.1. The van der Waals surface area contributed by atoms with Crippen molar-refractivity contribution in [3.05, 3.63) is 52.1 Å². The molecule has 1 amide bonds. The number of amides is 1. The summed E-state index contributed by atoms with van der Waals surface area (Å²) >= 11 is 5.88. The van der Waals surface area contributed by atoms with Gasteiger partial charge in [-0.2, -0.15) is 0 Å². The summed E-state index contributed by atoms with van der Waals surface area (Å²) in [6, 6.07) is 4.68. The molecular formula is C15H14ClFN2O2. The van der Waals surface area contributed by atoms with Crippen molar-refractivity contribution in [2.24, 2.45) is 5.73 Å². The number of carbonyl (C=O) groups excluding carboxylic acids is 1. The van der Waals surface area contributed by atoms with Crippen LogP contribution in [0.15, 0.2) is 24.4 Å². The molecule has 6 heteroatoms. The highest BCUT2D eigenvalue weighted by molar-refractivity contribution is 6.31. The predicted molar refractivity (Wildman–Crippen MR) is 78.2 cm³/mol. The Morgan fingerprint density at radius 2 is 2.14 bits per heavy atom. The van der Waals surface area contributed by atoms with Crippen LogP contribution in [0.4, 0.5) is 4.39 Å². The summed E-state index contributed by atoms with van der Waals surface area (Å²) in [5.41, 5.74) is 7.12. The van der Waals surface area contributed by atoms with Gasteiger partial charge in [-0.15, -0.1) is 0 Å². The Balaban J connectivity index is 2.61. The van der Waals surface area contributed by atoms with Gasteiger partial charge in [0.2, 0.25) is 5.91 Å². The maximum atomic E-state index is 14.4. The van der Waals surface area contributed by atoms with Crippen molar-refractivity contribution in [2.45, 2.75) is 20.0 Å². The summed E-state index contributed by atoms with van der Waals surface area (Å²) in [5, 5.41) is 9.71. The number of nitrogens with two attached hydrogens (primary N) is 1. The van der Waals surface area contributed by atoms with Crippen LogP contribution in [0.25, 0.3) is 11.1 Å². The highest BCUT2D eigenvalue weighted by Gasteiger charge is 2.15. The number of primary amides is 1. The van der Waals surface area contributed by atoms with Crippen molar-refractivity contribution in [3.8, 4) is 11.1 Å². The minimum Gasteiger partial charge on any atom is -0.392 e. The van der Waals surface area contributed by atoms with Gasteiger partial charge in [-0.25, -0.2) is 4.39 Å². The van der Waals surface area contributed by atoms with Crippen molar-refractivity contribution >= 4 is 17.5 Å². The first-order valence-electron chi connectivity index (χ1n) is 6.26. The van der Waals surface area contributed by atoms with Gasteiger partial charge < -0.3 is 10.8 Å².